The van der Waals surface area contributed by atoms with Gasteiger partial charge >= 0.3 is 0 Å². The SMILES string of the molecule is NC[C@H](N)C(=O)N1CCN(c2ccccn2)CC1. The standard InChI is InChI=1S/C12H19N5O/c13-9-10(14)12(18)17-7-5-16(6-8-17)11-3-1-2-4-15-11/h1-4,10H,5-9,13-14H2/t10-/m0/s1. The highest BCUT2D eigenvalue weighted by Crippen LogP contribution is 2.12. The molecule has 1 aromatic rings. The van der Waals surface area contributed by atoms with Crippen LogP contribution in [0.15, 0.2) is 24.4 Å². The predicted octanol–water partition coefficient (Wildman–Crippen LogP) is -0.984. The second kappa shape index (κ2) is 5.79. The van der Waals surface area contributed by atoms with Gasteiger partial charge in [0.1, 0.15) is 5.82 Å². The molecular weight excluding hydrogens is 230 g/mol. The zero-order valence-electron chi connectivity index (χ0n) is 10.3. The Morgan fingerprint density at radius 1 is 1.33 bits per heavy atom. The van der Waals surface area contributed by atoms with Crippen molar-refractivity contribution in [3.8, 4) is 0 Å². The van der Waals surface area contributed by atoms with E-state index in [9.17, 15) is 4.79 Å². The summed E-state index contributed by atoms with van der Waals surface area (Å²) in [5, 5.41) is 0. The van der Waals surface area contributed by atoms with E-state index in [1.807, 2.05) is 18.2 Å². The first-order valence-electron chi connectivity index (χ1n) is 6.13. The lowest BCUT2D eigenvalue weighted by atomic mass is 10.2. The number of carbonyl (C=O) groups excluding carboxylic acids is 1. The Bertz CT molecular complexity index is 389. The number of pyridine rings is 1. The van der Waals surface area contributed by atoms with E-state index in [-0.39, 0.29) is 12.5 Å². The van der Waals surface area contributed by atoms with Crippen LogP contribution < -0.4 is 16.4 Å². The van der Waals surface area contributed by atoms with Crippen molar-refractivity contribution in [1.82, 2.24) is 9.88 Å². The predicted molar refractivity (Wildman–Crippen MR) is 70.1 cm³/mol. The van der Waals surface area contributed by atoms with Gasteiger partial charge < -0.3 is 21.3 Å². The largest absolute Gasteiger partial charge is 0.353 e. The molecule has 2 heterocycles. The molecule has 0 radical (unpaired) electrons. The number of nitrogens with zero attached hydrogens (tertiary/aromatic N) is 3. The number of aromatic nitrogens is 1. The van der Waals surface area contributed by atoms with Gasteiger partial charge in [0, 0.05) is 38.9 Å². The maximum absolute atomic E-state index is 11.9. The minimum Gasteiger partial charge on any atom is -0.353 e. The summed E-state index contributed by atoms with van der Waals surface area (Å²) in [4.78, 5) is 20.1. The molecule has 0 aromatic carbocycles. The van der Waals surface area contributed by atoms with Crippen molar-refractivity contribution in [3.63, 3.8) is 0 Å². The van der Waals surface area contributed by atoms with Gasteiger partial charge in [-0.15, -0.1) is 0 Å². The number of amides is 1. The van der Waals surface area contributed by atoms with E-state index in [1.165, 1.54) is 0 Å². The molecule has 0 spiro atoms. The normalized spacial score (nSPS) is 17.7. The van der Waals surface area contributed by atoms with Crippen molar-refractivity contribution < 1.29 is 4.79 Å². The minimum absolute atomic E-state index is 0.0572. The number of piperazine rings is 1. The van der Waals surface area contributed by atoms with Gasteiger partial charge in [-0.1, -0.05) is 6.07 Å². The smallest absolute Gasteiger partial charge is 0.240 e. The number of rotatable bonds is 3. The summed E-state index contributed by atoms with van der Waals surface area (Å²) in [5.41, 5.74) is 11.1. The van der Waals surface area contributed by atoms with Crippen LogP contribution in [0.4, 0.5) is 5.82 Å². The van der Waals surface area contributed by atoms with Gasteiger partial charge in [0.05, 0.1) is 6.04 Å². The summed E-state index contributed by atoms with van der Waals surface area (Å²) in [6.45, 7) is 3.09. The van der Waals surface area contributed by atoms with E-state index in [1.54, 1.807) is 11.1 Å². The number of nitrogens with two attached hydrogens (primary N) is 2. The molecule has 98 valence electrons. The second-order valence-electron chi connectivity index (χ2n) is 4.34. The average molecular weight is 249 g/mol. The Morgan fingerprint density at radius 2 is 2.06 bits per heavy atom. The molecule has 1 atom stereocenters. The molecule has 4 N–H and O–H groups in total. The number of carbonyl (C=O) groups is 1. The summed E-state index contributed by atoms with van der Waals surface area (Å²) in [7, 11) is 0. The van der Waals surface area contributed by atoms with Crippen molar-refractivity contribution >= 4 is 11.7 Å². The Balaban J connectivity index is 1.90. The van der Waals surface area contributed by atoms with Gasteiger partial charge in [0.25, 0.3) is 0 Å². The van der Waals surface area contributed by atoms with Crippen LogP contribution in [-0.4, -0.2) is 54.6 Å². The van der Waals surface area contributed by atoms with Crippen LogP contribution in [0, 0.1) is 0 Å². The van der Waals surface area contributed by atoms with E-state index in [0.29, 0.717) is 13.1 Å². The molecule has 1 fully saturated rings. The summed E-state index contributed by atoms with van der Waals surface area (Å²) in [6, 6.07) is 5.25. The Hall–Kier alpha value is -1.66. The van der Waals surface area contributed by atoms with Crippen LogP contribution in [0.2, 0.25) is 0 Å². The third-order valence-corrected chi connectivity index (χ3v) is 3.14. The molecular formula is C12H19N5O. The Labute approximate surface area is 107 Å². The molecule has 18 heavy (non-hydrogen) atoms. The maximum atomic E-state index is 11.9. The Kier molecular flexibility index (Phi) is 4.11. The van der Waals surface area contributed by atoms with Gasteiger partial charge in [0.2, 0.25) is 5.91 Å². The zero-order valence-corrected chi connectivity index (χ0v) is 10.3. The highest BCUT2D eigenvalue weighted by atomic mass is 16.2. The minimum atomic E-state index is -0.577. The lowest BCUT2D eigenvalue weighted by Gasteiger charge is -2.36. The molecule has 0 aliphatic carbocycles. The maximum Gasteiger partial charge on any atom is 0.240 e. The topological polar surface area (TPSA) is 88.5 Å². The highest BCUT2D eigenvalue weighted by Gasteiger charge is 2.24. The van der Waals surface area contributed by atoms with E-state index >= 15 is 0 Å². The first-order chi connectivity index (χ1) is 8.72. The molecule has 6 heteroatoms. The van der Waals surface area contributed by atoms with Crippen molar-refractivity contribution in [1.29, 1.82) is 0 Å². The second-order valence-corrected chi connectivity index (χ2v) is 4.34. The van der Waals surface area contributed by atoms with Gasteiger partial charge in [0.15, 0.2) is 0 Å². The van der Waals surface area contributed by atoms with Crippen molar-refractivity contribution in [3.05, 3.63) is 24.4 Å². The molecule has 6 nitrogen and oxygen atoms in total. The number of hydrogen-bond donors (Lipinski definition) is 2. The van der Waals surface area contributed by atoms with Gasteiger partial charge in [-0.2, -0.15) is 0 Å². The molecule has 1 aliphatic rings. The van der Waals surface area contributed by atoms with Crippen LogP contribution in [0.5, 0.6) is 0 Å². The lowest BCUT2D eigenvalue weighted by Crippen LogP contribution is -2.55. The van der Waals surface area contributed by atoms with Gasteiger partial charge in [-0.3, -0.25) is 4.79 Å². The van der Waals surface area contributed by atoms with Crippen LogP contribution in [0.25, 0.3) is 0 Å². The summed E-state index contributed by atoms with van der Waals surface area (Å²) in [6.07, 6.45) is 1.77. The monoisotopic (exact) mass is 249 g/mol. The molecule has 0 unspecified atom stereocenters. The fraction of sp³-hybridized carbons (Fsp3) is 0.500. The number of hydrogen-bond acceptors (Lipinski definition) is 5. The molecule has 1 amide bonds. The molecule has 1 aliphatic heterocycles. The first kappa shape index (κ1) is 12.8. The quantitative estimate of drug-likeness (QED) is 0.718. The third kappa shape index (κ3) is 2.77. The van der Waals surface area contributed by atoms with Crippen LogP contribution in [0.3, 0.4) is 0 Å². The van der Waals surface area contributed by atoms with Crippen molar-refractivity contribution in [2.24, 2.45) is 11.5 Å². The number of anilines is 1. The third-order valence-electron chi connectivity index (χ3n) is 3.14. The van der Waals surface area contributed by atoms with E-state index < -0.39 is 6.04 Å². The molecule has 0 saturated carbocycles. The van der Waals surface area contributed by atoms with Crippen LogP contribution in [-0.2, 0) is 4.79 Å². The first-order valence-corrected chi connectivity index (χ1v) is 6.13. The molecule has 1 aromatic heterocycles. The van der Waals surface area contributed by atoms with E-state index in [0.717, 1.165) is 18.9 Å². The zero-order chi connectivity index (χ0) is 13.0. The Morgan fingerprint density at radius 3 is 2.61 bits per heavy atom. The average Bonchev–Trinajstić information content (AvgIpc) is 2.47. The van der Waals surface area contributed by atoms with Crippen molar-refractivity contribution in [2.45, 2.75) is 6.04 Å². The van der Waals surface area contributed by atoms with Gasteiger partial charge in [-0.05, 0) is 12.1 Å². The van der Waals surface area contributed by atoms with E-state index in [2.05, 4.69) is 9.88 Å². The van der Waals surface area contributed by atoms with Crippen molar-refractivity contribution in [2.75, 3.05) is 37.6 Å². The lowest BCUT2D eigenvalue weighted by molar-refractivity contribution is -0.132. The van der Waals surface area contributed by atoms with Crippen LogP contribution in [0.1, 0.15) is 0 Å². The highest BCUT2D eigenvalue weighted by molar-refractivity contribution is 5.82. The molecule has 1 saturated heterocycles. The summed E-state index contributed by atoms with van der Waals surface area (Å²) < 4.78 is 0. The van der Waals surface area contributed by atoms with Crippen LogP contribution >= 0.6 is 0 Å². The summed E-state index contributed by atoms with van der Waals surface area (Å²) >= 11 is 0. The molecule has 2 rings (SSSR count). The van der Waals surface area contributed by atoms with Gasteiger partial charge in [-0.25, -0.2) is 4.98 Å². The molecule has 0 bridgehead atoms. The summed E-state index contributed by atoms with van der Waals surface area (Å²) in [5.74, 6) is 0.894. The fourth-order valence-corrected chi connectivity index (χ4v) is 2.03. The fourth-order valence-electron chi connectivity index (χ4n) is 2.03. The van der Waals surface area contributed by atoms with E-state index in [4.69, 9.17) is 11.5 Å².